The van der Waals surface area contributed by atoms with Gasteiger partial charge in [0.2, 0.25) is 0 Å². The first-order chi connectivity index (χ1) is 8.75. The van der Waals surface area contributed by atoms with Crippen LogP contribution in [0.1, 0.15) is 19.3 Å². The summed E-state index contributed by atoms with van der Waals surface area (Å²) in [6.45, 7) is 3.55. The molecule has 5 heteroatoms. The van der Waals surface area contributed by atoms with Crippen molar-refractivity contribution in [2.45, 2.75) is 25.3 Å². The molecule has 3 heterocycles. The van der Waals surface area contributed by atoms with Gasteiger partial charge in [-0.15, -0.1) is 0 Å². The van der Waals surface area contributed by atoms with Crippen LogP contribution in [-0.4, -0.2) is 47.6 Å². The molecule has 1 aromatic rings. The van der Waals surface area contributed by atoms with E-state index in [4.69, 9.17) is 0 Å². The second kappa shape index (κ2) is 5.13. The molecule has 2 atom stereocenters. The minimum atomic E-state index is 0.654. The number of likely N-dealkylation sites (tertiary alicyclic amines) is 1. The largest absolute Gasteiger partial charge is 0.352 e. The molecule has 2 fully saturated rings. The Hall–Kier alpha value is -0.680. The van der Waals surface area contributed by atoms with E-state index in [-0.39, 0.29) is 0 Å². The van der Waals surface area contributed by atoms with Gasteiger partial charge in [-0.25, -0.2) is 9.97 Å². The Morgan fingerprint density at radius 2 is 2.22 bits per heavy atom. The third kappa shape index (κ3) is 2.26. The molecule has 0 spiro atoms. The molecule has 2 aliphatic rings. The number of hydrogen-bond acceptors (Lipinski definition) is 4. The van der Waals surface area contributed by atoms with Crippen LogP contribution >= 0.6 is 15.9 Å². The summed E-state index contributed by atoms with van der Waals surface area (Å²) in [7, 11) is 2.23. The topological polar surface area (TPSA) is 32.3 Å². The Morgan fingerprint density at radius 1 is 1.33 bits per heavy atom. The summed E-state index contributed by atoms with van der Waals surface area (Å²) in [5, 5.41) is 0. The third-order valence-corrected chi connectivity index (χ3v) is 4.75. The van der Waals surface area contributed by atoms with Crippen molar-refractivity contribution in [2.75, 3.05) is 31.6 Å². The van der Waals surface area contributed by atoms with Crippen molar-refractivity contribution in [2.24, 2.45) is 5.92 Å². The molecule has 0 N–H and O–H groups in total. The molecule has 0 aromatic carbocycles. The Bertz CT molecular complexity index is 425. The van der Waals surface area contributed by atoms with Crippen molar-refractivity contribution in [1.29, 1.82) is 0 Å². The minimum absolute atomic E-state index is 0.654. The number of aromatic nitrogens is 2. The monoisotopic (exact) mass is 310 g/mol. The summed E-state index contributed by atoms with van der Waals surface area (Å²) in [4.78, 5) is 13.5. The van der Waals surface area contributed by atoms with Gasteiger partial charge in [-0.3, -0.25) is 0 Å². The van der Waals surface area contributed by atoms with Gasteiger partial charge in [-0.05, 0) is 54.7 Å². The van der Waals surface area contributed by atoms with Gasteiger partial charge in [0.25, 0.3) is 0 Å². The highest BCUT2D eigenvalue weighted by Gasteiger charge is 2.36. The SMILES string of the molecule is CN1CCC2C(CCCN2c2ncncc2Br)C1. The highest BCUT2D eigenvalue weighted by atomic mass is 79.9. The minimum Gasteiger partial charge on any atom is -0.352 e. The van der Waals surface area contributed by atoms with E-state index in [2.05, 4.69) is 42.7 Å². The Labute approximate surface area is 117 Å². The van der Waals surface area contributed by atoms with E-state index in [0.717, 1.165) is 22.8 Å². The maximum absolute atomic E-state index is 4.47. The fourth-order valence-electron chi connectivity index (χ4n) is 3.37. The van der Waals surface area contributed by atoms with E-state index in [0.29, 0.717) is 6.04 Å². The average Bonchev–Trinajstić information content (AvgIpc) is 2.38. The van der Waals surface area contributed by atoms with Crippen molar-refractivity contribution in [3.63, 3.8) is 0 Å². The van der Waals surface area contributed by atoms with Crippen LogP contribution in [0.2, 0.25) is 0 Å². The van der Waals surface area contributed by atoms with Crippen molar-refractivity contribution >= 4 is 21.7 Å². The molecule has 0 radical (unpaired) electrons. The third-order valence-electron chi connectivity index (χ3n) is 4.19. The zero-order chi connectivity index (χ0) is 12.5. The summed E-state index contributed by atoms with van der Waals surface area (Å²) in [5.41, 5.74) is 0. The molecule has 2 unspecified atom stereocenters. The van der Waals surface area contributed by atoms with Gasteiger partial charge in [0, 0.05) is 25.3 Å². The zero-order valence-electron chi connectivity index (χ0n) is 10.7. The summed E-state index contributed by atoms with van der Waals surface area (Å²) in [6.07, 6.45) is 7.37. The lowest BCUT2D eigenvalue weighted by molar-refractivity contribution is 0.154. The van der Waals surface area contributed by atoms with Crippen LogP contribution in [0.4, 0.5) is 5.82 Å². The maximum atomic E-state index is 4.47. The van der Waals surface area contributed by atoms with E-state index >= 15 is 0 Å². The number of nitrogens with zero attached hydrogens (tertiary/aromatic N) is 4. The van der Waals surface area contributed by atoms with Crippen molar-refractivity contribution in [3.05, 3.63) is 17.0 Å². The molecule has 0 bridgehead atoms. The molecule has 0 aliphatic carbocycles. The highest BCUT2D eigenvalue weighted by Crippen LogP contribution is 2.35. The molecule has 18 heavy (non-hydrogen) atoms. The van der Waals surface area contributed by atoms with E-state index < -0.39 is 0 Å². The molecule has 2 saturated heterocycles. The van der Waals surface area contributed by atoms with Gasteiger partial charge >= 0.3 is 0 Å². The normalized spacial score (nSPS) is 29.1. The second-order valence-electron chi connectivity index (χ2n) is 5.41. The quantitative estimate of drug-likeness (QED) is 0.795. The first-order valence-electron chi connectivity index (χ1n) is 6.66. The molecule has 4 nitrogen and oxygen atoms in total. The Balaban J connectivity index is 1.86. The molecule has 2 aliphatic heterocycles. The van der Waals surface area contributed by atoms with Gasteiger partial charge in [0.05, 0.1) is 4.47 Å². The standard InChI is InChI=1S/C13H19BrN4/c1-17-6-4-12-10(8-17)3-2-5-18(12)13-11(14)7-15-9-16-13/h7,9-10,12H,2-6,8H2,1H3. The molecular formula is C13H19BrN4. The van der Waals surface area contributed by atoms with Crippen LogP contribution < -0.4 is 4.90 Å². The van der Waals surface area contributed by atoms with Gasteiger partial charge < -0.3 is 9.80 Å². The van der Waals surface area contributed by atoms with Crippen LogP contribution in [-0.2, 0) is 0 Å². The van der Waals surface area contributed by atoms with Gasteiger partial charge in [-0.1, -0.05) is 0 Å². The number of halogens is 1. The fourth-order valence-corrected chi connectivity index (χ4v) is 3.81. The maximum Gasteiger partial charge on any atom is 0.146 e. The number of fused-ring (bicyclic) bond motifs is 1. The Morgan fingerprint density at radius 3 is 3.06 bits per heavy atom. The first-order valence-corrected chi connectivity index (χ1v) is 7.45. The summed E-state index contributed by atoms with van der Waals surface area (Å²) in [6, 6.07) is 0.654. The molecule has 0 saturated carbocycles. The summed E-state index contributed by atoms with van der Waals surface area (Å²) < 4.78 is 1.02. The Kier molecular flexibility index (Phi) is 3.52. The van der Waals surface area contributed by atoms with E-state index in [9.17, 15) is 0 Å². The number of hydrogen-bond donors (Lipinski definition) is 0. The predicted molar refractivity (Wildman–Crippen MR) is 75.7 cm³/mol. The summed E-state index contributed by atoms with van der Waals surface area (Å²) in [5.74, 6) is 1.86. The lowest BCUT2D eigenvalue weighted by Gasteiger charge is -2.47. The smallest absolute Gasteiger partial charge is 0.146 e. The van der Waals surface area contributed by atoms with Crippen LogP contribution in [0.3, 0.4) is 0 Å². The lowest BCUT2D eigenvalue weighted by Crippen LogP contribution is -2.53. The van der Waals surface area contributed by atoms with Crippen LogP contribution in [0.25, 0.3) is 0 Å². The average molecular weight is 311 g/mol. The van der Waals surface area contributed by atoms with Crippen molar-refractivity contribution in [1.82, 2.24) is 14.9 Å². The van der Waals surface area contributed by atoms with Crippen LogP contribution in [0.5, 0.6) is 0 Å². The number of rotatable bonds is 1. The van der Waals surface area contributed by atoms with Crippen LogP contribution in [0, 0.1) is 5.92 Å². The molecular weight excluding hydrogens is 292 g/mol. The zero-order valence-corrected chi connectivity index (χ0v) is 12.3. The lowest BCUT2D eigenvalue weighted by atomic mass is 9.84. The number of piperidine rings is 2. The highest BCUT2D eigenvalue weighted by molar-refractivity contribution is 9.10. The first kappa shape index (κ1) is 12.4. The molecule has 98 valence electrons. The van der Waals surface area contributed by atoms with Crippen LogP contribution in [0.15, 0.2) is 17.0 Å². The fraction of sp³-hybridized carbons (Fsp3) is 0.692. The van der Waals surface area contributed by atoms with E-state index in [1.165, 1.54) is 32.4 Å². The van der Waals surface area contributed by atoms with Gasteiger partial charge in [0.1, 0.15) is 12.1 Å². The van der Waals surface area contributed by atoms with E-state index in [1.807, 2.05) is 6.20 Å². The van der Waals surface area contributed by atoms with Gasteiger partial charge in [0.15, 0.2) is 0 Å². The molecule has 0 amide bonds. The predicted octanol–water partition coefficient (Wildman–Crippen LogP) is 2.16. The van der Waals surface area contributed by atoms with Crippen molar-refractivity contribution < 1.29 is 0 Å². The molecule has 3 rings (SSSR count). The number of anilines is 1. The summed E-state index contributed by atoms with van der Waals surface area (Å²) >= 11 is 3.58. The van der Waals surface area contributed by atoms with E-state index in [1.54, 1.807) is 6.33 Å². The van der Waals surface area contributed by atoms with Gasteiger partial charge in [-0.2, -0.15) is 0 Å². The van der Waals surface area contributed by atoms with Crippen molar-refractivity contribution in [3.8, 4) is 0 Å². The molecule has 1 aromatic heterocycles. The second-order valence-corrected chi connectivity index (χ2v) is 6.26.